The molecule has 2 heterocycles. The molecule has 1 aliphatic heterocycles. The van der Waals surface area contributed by atoms with E-state index in [1.165, 1.54) is 18.8 Å². The predicted molar refractivity (Wildman–Crippen MR) is 134 cm³/mol. The van der Waals surface area contributed by atoms with Crippen LogP contribution in [0.1, 0.15) is 12.8 Å². The molecule has 0 N–H and O–H groups in total. The quantitative estimate of drug-likeness (QED) is 0.223. The maximum Gasteiger partial charge on any atom is 0.299 e. The molecule has 1 aromatic heterocycles. The van der Waals surface area contributed by atoms with Crippen molar-refractivity contribution in [1.82, 2.24) is 9.47 Å². The lowest BCUT2D eigenvalue weighted by Crippen LogP contribution is -2.37. The number of aromatic nitrogens is 1. The monoisotopic (exact) mass is 478 g/mol. The van der Waals surface area contributed by atoms with E-state index in [1.807, 2.05) is 0 Å². The van der Waals surface area contributed by atoms with E-state index in [9.17, 15) is 19.2 Å². The third-order valence-corrected chi connectivity index (χ3v) is 6.81. The maximum atomic E-state index is 13.5. The normalized spacial score (nSPS) is 14.8. The molecule has 4 aromatic rings. The van der Waals surface area contributed by atoms with Gasteiger partial charge in [-0.15, -0.1) is 0 Å². The molecule has 0 unspecified atom stereocenters. The molecular weight excluding hydrogens is 452 g/mol. The van der Waals surface area contributed by atoms with Gasteiger partial charge in [0.1, 0.15) is 11.3 Å². The van der Waals surface area contributed by atoms with E-state index < -0.39 is 21.8 Å². The first kappa shape index (κ1) is 23.2. The number of aryl methyl sites for hydroxylation is 1. The fraction of sp³-hybridized carbons (Fsp3) is 0.385. The van der Waals surface area contributed by atoms with Crippen molar-refractivity contribution in [3.63, 3.8) is 0 Å². The molecule has 0 aliphatic carbocycles. The average Bonchev–Trinajstić information content (AvgIpc) is 3.14. The summed E-state index contributed by atoms with van der Waals surface area (Å²) in [6.45, 7) is 4.31. The average molecular weight is 479 g/mol. The highest BCUT2D eigenvalue weighted by atomic mass is 16.5. The summed E-state index contributed by atoms with van der Waals surface area (Å²) in [5.41, 5.74) is -2.15. The molecule has 5 rings (SSSR count). The Balaban J connectivity index is 1.71. The summed E-state index contributed by atoms with van der Waals surface area (Å²) in [7, 11) is 2.69. The van der Waals surface area contributed by atoms with Gasteiger partial charge in [0.15, 0.2) is 16.6 Å². The van der Waals surface area contributed by atoms with Gasteiger partial charge in [-0.2, -0.15) is 0 Å². The molecule has 0 radical (unpaired) electrons. The summed E-state index contributed by atoms with van der Waals surface area (Å²) < 4.78 is 17.9. The number of nitrogens with zero attached hydrogens (tertiary/aromatic N) is 2. The summed E-state index contributed by atoms with van der Waals surface area (Å²) in [6, 6.07) is 6.49. The Hall–Kier alpha value is -3.56. The van der Waals surface area contributed by atoms with Gasteiger partial charge in [0, 0.05) is 30.4 Å². The van der Waals surface area contributed by atoms with Gasteiger partial charge in [0.2, 0.25) is 0 Å². The molecule has 0 saturated carbocycles. The minimum atomic E-state index is -0.773. The summed E-state index contributed by atoms with van der Waals surface area (Å²) in [5, 5.41) is 0.427. The molecule has 35 heavy (non-hydrogen) atoms. The second-order valence-electron chi connectivity index (χ2n) is 8.69. The Morgan fingerprint density at radius 1 is 0.771 bits per heavy atom. The van der Waals surface area contributed by atoms with E-state index in [4.69, 9.17) is 14.2 Å². The standard InChI is InChI=1S/C26H26N2O7/c1-33-24-17-18(22(30)16-8-4-3-7-15(16)21(17)29)25(34-2)20-19(24)23(31)26(32)28(20)10-6-5-9-27-11-13-35-14-12-27/h3-4,7-8H,5-6,9-14H2,1-2H3. The molecule has 3 aromatic carbocycles. The topological polar surface area (TPSA) is 104 Å². The Bertz CT molecular complexity index is 1640. The number of morpholine rings is 1. The maximum absolute atomic E-state index is 13.5. The van der Waals surface area contributed by atoms with Crippen LogP contribution in [0.3, 0.4) is 0 Å². The van der Waals surface area contributed by atoms with Gasteiger partial charge >= 0.3 is 0 Å². The summed E-state index contributed by atoms with van der Waals surface area (Å²) in [4.78, 5) is 55.4. The number of methoxy groups -OCH3 is 2. The third-order valence-electron chi connectivity index (χ3n) is 6.81. The second kappa shape index (κ2) is 9.24. The molecule has 1 aliphatic rings. The van der Waals surface area contributed by atoms with E-state index in [1.54, 1.807) is 24.3 Å². The first-order chi connectivity index (χ1) is 17.0. The van der Waals surface area contributed by atoms with Crippen molar-refractivity contribution in [3.8, 4) is 11.5 Å². The number of benzene rings is 3. The van der Waals surface area contributed by atoms with E-state index in [-0.39, 0.29) is 50.5 Å². The zero-order chi connectivity index (χ0) is 24.7. The van der Waals surface area contributed by atoms with Crippen LogP contribution < -0.4 is 31.3 Å². The Morgan fingerprint density at radius 2 is 1.34 bits per heavy atom. The third kappa shape index (κ3) is 3.62. The Labute approximate surface area is 199 Å². The fourth-order valence-corrected chi connectivity index (χ4v) is 5.12. The van der Waals surface area contributed by atoms with Gasteiger partial charge in [0.25, 0.3) is 11.0 Å². The van der Waals surface area contributed by atoms with Crippen LogP contribution in [0.15, 0.2) is 43.4 Å². The van der Waals surface area contributed by atoms with E-state index in [2.05, 4.69) is 4.90 Å². The first-order valence-electron chi connectivity index (χ1n) is 11.7. The summed E-state index contributed by atoms with van der Waals surface area (Å²) in [5.74, 6) is -0.00569. The van der Waals surface area contributed by atoms with E-state index >= 15 is 0 Å². The van der Waals surface area contributed by atoms with Gasteiger partial charge in [-0.05, 0) is 19.4 Å². The lowest BCUT2D eigenvalue weighted by atomic mass is 9.98. The van der Waals surface area contributed by atoms with Crippen LogP contribution in [-0.4, -0.2) is 56.5 Å². The van der Waals surface area contributed by atoms with Crippen LogP contribution in [0.4, 0.5) is 0 Å². The molecular formula is C26H26N2O7. The van der Waals surface area contributed by atoms with Crippen LogP contribution in [-0.2, 0) is 11.3 Å². The minimum Gasteiger partial charge on any atom is -0.495 e. The van der Waals surface area contributed by atoms with Crippen molar-refractivity contribution in [2.24, 2.45) is 0 Å². The van der Waals surface area contributed by atoms with Gasteiger partial charge in [-0.3, -0.25) is 24.1 Å². The summed E-state index contributed by atoms with van der Waals surface area (Å²) >= 11 is 0. The second-order valence-corrected chi connectivity index (χ2v) is 8.69. The first-order valence-corrected chi connectivity index (χ1v) is 11.7. The molecule has 0 atom stereocenters. The van der Waals surface area contributed by atoms with Crippen LogP contribution in [0.2, 0.25) is 0 Å². The molecule has 182 valence electrons. The van der Waals surface area contributed by atoms with Crippen molar-refractivity contribution in [2.75, 3.05) is 47.1 Å². The lowest BCUT2D eigenvalue weighted by molar-refractivity contribution is 0.0371. The van der Waals surface area contributed by atoms with Crippen LogP contribution >= 0.6 is 0 Å². The minimum absolute atomic E-state index is 0.0209. The lowest BCUT2D eigenvalue weighted by Gasteiger charge is -2.26. The molecule has 1 saturated heterocycles. The van der Waals surface area contributed by atoms with Crippen molar-refractivity contribution in [1.29, 1.82) is 0 Å². The van der Waals surface area contributed by atoms with Crippen molar-refractivity contribution in [2.45, 2.75) is 19.4 Å². The highest BCUT2D eigenvalue weighted by Gasteiger charge is 2.28. The molecule has 0 bridgehead atoms. The van der Waals surface area contributed by atoms with Crippen molar-refractivity contribution < 1.29 is 14.2 Å². The zero-order valence-corrected chi connectivity index (χ0v) is 19.7. The van der Waals surface area contributed by atoms with Crippen molar-refractivity contribution in [3.05, 3.63) is 65.3 Å². The fourth-order valence-electron chi connectivity index (χ4n) is 5.12. The summed E-state index contributed by atoms with van der Waals surface area (Å²) in [6.07, 6.45) is 1.47. The van der Waals surface area contributed by atoms with Crippen LogP contribution in [0, 0.1) is 0 Å². The van der Waals surface area contributed by atoms with Gasteiger partial charge < -0.3 is 18.8 Å². The van der Waals surface area contributed by atoms with Gasteiger partial charge in [0.05, 0.1) is 43.6 Å². The van der Waals surface area contributed by atoms with Crippen LogP contribution in [0.25, 0.3) is 32.4 Å². The Kier molecular flexibility index (Phi) is 6.12. The SMILES string of the molecule is COc1c2c(=O)c3ccccc3c(=O)c2c(OC)c2c1c(=O)c(=O)n2CCCCN1CCOCC1. The van der Waals surface area contributed by atoms with Crippen LogP contribution in [0.5, 0.6) is 11.5 Å². The molecule has 0 amide bonds. The number of unbranched alkanes of at least 4 members (excludes halogenated alkanes) is 1. The molecule has 9 heteroatoms. The smallest absolute Gasteiger partial charge is 0.299 e. The Morgan fingerprint density at radius 3 is 1.94 bits per heavy atom. The number of ether oxygens (including phenoxy) is 3. The van der Waals surface area contributed by atoms with E-state index in [0.717, 1.165) is 26.1 Å². The van der Waals surface area contributed by atoms with E-state index in [0.29, 0.717) is 19.6 Å². The number of hydrogen-bond donors (Lipinski definition) is 0. The largest absolute Gasteiger partial charge is 0.495 e. The number of fused-ring (bicyclic) bond motifs is 3. The molecule has 9 nitrogen and oxygen atoms in total. The van der Waals surface area contributed by atoms with Gasteiger partial charge in [-0.25, -0.2) is 0 Å². The highest BCUT2D eigenvalue weighted by Crippen LogP contribution is 2.39. The highest BCUT2D eigenvalue weighted by molar-refractivity contribution is 6.13. The zero-order valence-electron chi connectivity index (χ0n) is 19.7. The van der Waals surface area contributed by atoms with Gasteiger partial charge in [-0.1, -0.05) is 24.3 Å². The van der Waals surface area contributed by atoms with Crippen molar-refractivity contribution >= 4 is 32.4 Å². The predicted octanol–water partition coefficient (Wildman–Crippen LogP) is 1.39. The molecule has 0 spiro atoms. The number of rotatable bonds is 7. The molecule has 1 fully saturated rings. The number of hydrogen-bond acceptors (Lipinski definition) is 8.